The molecule has 1 fully saturated rings. The Balaban J connectivity index is 1.31. The van der Waals surface area contributed by atoms with Gasteiger partial charge < -0.3 is 24.4 Å². The van der Waals surface area contributed by atoms with E-state index in [1.807, 2.05) is 54.4 Å². The van der Waals surface area contributed by atoms with Crippen LogP contribution in [0.2, 0.25) is 0 Å². The number of aryl methyl sites for hydroxylation is 1. The van der Waals surface area contributed by atoms with Gasteiger partial charge in [-0.1, -0.05) is 25.5 Å². The van der Waals surface area contributed by atoms with E-state index in [1.165, 1.54) is 0 Å². The van der Waals surface area contributed by atoms with Crippen molar-refractivity contribution in [3.63, 3.8) is 0 Å². The molecule has 0 saturated carbocycles. The van der Waals surface area contributed by atoms with Gasteiger partial charge in [-0.15, -0.1) is 0 Å². The number of carbonyl (C=O) groups excluding carboxylic acids is 1. The Morgan fingerprint density at radius 3 is 2.50 bits per heavy atom. The van der Waals surface area contributed by atoms with E-state index in [4.69, 9.17) is 9.72 Å². The molecule has 0 aliphatic carbocycles. The van der Waals surface area contributed by atoms with Crippen molar-refractivity contribution in [1.29, 1.82) is 0 Å². The van der Waals surface area contributed by atoms with Gasteiger partial charge in [-0.3, -0.25) is 0 Å². The van der Waals surface area contributed by atoms with E-state index in [9.17, 15) is 4.79 Å². The zero-order valence-corrected chi connectivity index (χ0v) is 17.7. The van der Waals surface area contributed by atoms with Crippen molar-refractivity contribution in [1.82, 2.24) is 14.5 Å². The van der Waals surface area contributed by atoms with Gasteiger partial charge in [-0.2, -0.15) is 0 Å². The molecule has 158 valence electrons. The molecular weight excluding hydrogens is 378 g/mol. The van der Waals surface area contributed by atoms with Gasteiger partial charge in [0.05, 0.1) is 17.6 Å². The van der Waals surface area contributed by atoms with E-state index in [2.05, 4.69) is 27.8 Å². The number of para-hydroxylation sites is 2. The average molecular weight is 408 g/mol. The number of urea groups is 1. The fraction of sp³-hybridized carbons (Fsp3) is 0.391. The van der Waals surface area contributed by atoms with Crippen molar-refractivity contribution in [3.8, 4) is 5.75 Å². The molecule has 0 spiro atoms. The highest BCUT2D eigenvalue weighted by molar-refractivity contribution is 5.89. The first-order chi connectivity index (χ1) is 14.7. The van der Waals surface area contributed by atoms with Crippen LogP contribution >= 0.6 is 0 Å². The highest BCUT2D eigenvalue weighted by Gasteiger charge is 2.24. The van der Waals surface area contributed by atoms with Gasteiger partial charge in [0.1, 0.15) is 5.75 Å². The molecule has 1 saturated heterocycles. The maximum Gasteiger partial charge on any atom is 0.321 e. The lowest BCUT2D eigenvalue weighted by Gasteiger charge is -2.35. The van der Waals surface area contributed by atoms with Crippen molar-refractivity contribution in [2.45, 2.75) is 19.8 Å². The molecule has 0 unspecified atom stereocenters. The lowest BCUT2D eigenvalue weighted by atomic mass is 10.3. The lowest BCUT2D eigenvalue weighted by Crippen LogP contribution is -2.50. The Bertz CT molecular complexity index is 991. The minimum Gasteiger partial charge on any atom is -0.494 e. The van der Waals surface area contributed by atoms with Crippen LogP contribution in [0.15, 0.2) is 48.5 Å². The van der Waals surface area contributed by atoms with Crippen molar-refractivity contribution in [2.75, 3.05) is 43.0 Å². The van der Waals surface area contributed by atoms with Gasteiger partial charge in [-0.25, -0.2) is 9.78 Å². The fourth-order valence-electron chi connectivity index (χ4n) is 3.70. The van der Waals surface area contributed by atoms with Crippen LogP contribution in [0.4, 0.5) is 16.4 Å². The van der Waals surface area contributed by atoms with Crippen LogP contribution in [-0.2, 0) is 7.05 Å². The number of imidazole rings is 1. The molecule has 0 radical (unpaired) electrons. The van der Waals surface area contributed by atoms with Crippen molar-refractivity contribution in [2.24, 2.45) is 7.05 Å². The maximum absolute atomic E-state index is 12.7. The minimum absolute atomic E-state index is 0.0701. The van der Waals surface area contributed by atoms with Gasteiger partial charge in [0.15, 0.2) is 0 Å². The van der Waals surface area contributed by atoms with Crippen LogP contribution in [0.5, 0.6) is 5.75 Å². The van der Waals surface area contributed by atoms with Gasteiger partial charge >= 0.3 is 6.03 Å². The van der Waals surface area contributed by atoms with Crippen LogP contribution in [-0.4, -0.2) is 53.3 Å². The number of anilines is 2. The Morgan fingerprint density at radius 1 is 1.07 bits per heavy atom. The van der Waals surface area contributed by atoms with Crippen LogP contribution in [0, 0.1) is 0 Å². The lowest BCUT2D eigenvalue weighted by molar-refractivity contribution is 0.208. The summed E-state index contributed by atoms with van der Waals surface area (Å²) in [6, 6.07) is 15.6. The molecule has 2 aromatic carbocycles. The van der Waals surface area contributed by atoms with E-state index >= 15 is 0 Å². The summed E-state index contributed by atoms with van der Waals surface area (Å²) in [5, 5.41) is 2.99. The molecule has 30 heavy (non-hydrogen) atoms. The Hall–Kier alpha value is -3.22. The standard InChI is InChI=1S/C23H29N5O2/c1-3-4-17-30-19-11-9-18(10-12-19)24-23(29)28-15-13-27(14-16-28)22-25-20-7-5-6-8-21(20)26(22)2/h5-12H,3-4,13-17H2,1-2H3,(H,24,29). The molecule has 4 rings (SSSR count). The molecular formula is C23H29N5O2. The molecule has 1 N–H and O–H groups in total. The van der Waals surface area contributed by atoms with Crippen LogP contribution < -0.4 is 15.0 Å². The predicted molar refractivity (Wildman–Crippen MR) is 120 cm³/mol. The van der Waals surface area contributed by atoms with E-state index in [1.54, 1.807) is 0 Å². The number of fused-ring (bicyclic) bond motifs is 1. The smallest absolute Gasteiger partial charge is 0.321 e. The number of hydrogen-bond donors (Lipinski definition) is 1. The first-order valence-corrected chi connectivity index (χ1v) is 10.6. The largest absolute Gasteiger partial charge is 0.494 e. The van der Waals surface area contributed by atoms with Crippen molar-refractivity contribution >= 4 is 28.7 Å². The molecule has 2 heterocycles. The summed E-state index contributed by atoms with van der Waals surface area (Å²) < 4.78 is 7.79. The second-order valence-electron chi connectivity index (χ2n) is 7.59. The van der Waals surface area contributed by atoms with Crippen LogP contribution in [0.1, 0.15) is 19.8 Å². The fourth-order valence-corrected chi connectivity index (χ4v) is 3.70. The monoisotopic (exact) mass is 407 g/mol. The van der Waals surface area contributed by atoms with Gasteiger partial charge in [0, 0.05) is 38.9 Å². The summed E-state index contributed by atoms with van der Waals surface area (Å²) in [5.41, 5.74) is 2.90. The van der Waals surface area contributed by atoms with E-state index in [0.29, 0.717) is 13.1 Å². The summed E-state index contributed by atoms with van der Waals surface area (Å²) in [5.74, 6) is 1.78. The number of piperazine rings is 1. The molecule has 0 bridgehead atoms. The molecule has 2 amide bonds. The summed E-state index contributed by atoms with van der Waals surface area (Å²) >= 11 is 0. The molecule has 3 aromatic rings. The number of nitrogens with one attached hydrogen (secondary N) is 1. The number of ether oxygens (including phenoxy) is 1. The summed E-state index contributed by atoms with van der Waals surface area (Å²) in [6.45, 7) is 5.70. The molecule has 1 aliphatic rings. The SMILES string of the molecule is CCCCOc1ccc(NC(=O)N2CCN(c3nc4ccccc4n3C)CC2)cc1. The third kappa shape index (κ3) is 4.35. The topological polar surface area (TPSA) is 62.6 Å². The van der Waals surface area contributed by atoms with Gasteiger partial charge in [0.2, 0.25) is 5.95 Å². The quantitative estimate of drug-likeness (QED) is 0.625. The number of carbonyl (C=O) groups is 1. The molecule has 7 heteroatoms. The number of unbranched alkanes of at least 4 members (excludes halogenated alkanes) is 1. The highest BCUT2D eigenvalue weighted by atomic mass is 16.5. The third-order valence-corrected chi connectivity index (χ3v) is 5.49. The Morgan fingerprint density at radius 2 is 1.80 bits per heavy atom. The van der Waals surface area contributed by atoms with Crippen LogP contribution in [0.3, 0.4) is 0 Å². The van der Waals surface area contributed by atoms with E-state index in [0.717, 1.165) is 61.0 Å². The number of amides is 2. The number of benzene rings is 2. The zero-order chi connectivity index (χ0) is 20.9. The second-order valence-corrected chi connectivity index (χ2v) is 7.59. The molecule has 0 atom stereocenters. The first kappa shape index (κ1) is 20.1. The number of nitrogens with zero attached hydrogens (tertiary/aromatic N) is 4. The predicted octanol–water partition coefficient (Wildman–Crippen LogP) is 4.11. The van der Waals surface area contributed by atoms with Crippen LogP contribution in [0.25, 0.3) is 11.0 Å². The first-order valence-electron chi connectivity index (χ1n) is 10.6. The zero-order valence-electron chi connectivity index (χ0n) is 17.7. The minimum atomic E-state index is -0.0701. The Kier molecular flexibility index (Phi) is 6.07. The number of rotatable bonds is 6. The normalized spacial score (nSPS) is 14.2. The number of hydrogen-bond acceptors (Lipinski definition) is 4. The second kappa shape index (κ2) is 9.07. The maximum atomic E-state index is 12.7. The average Bonchev–Trinajstić information content (AvgIpc) is 3.12. The summed E-state index contributed by atoms with van der Waals surface area (Å²) in [4.78, 5) is 21.5. The summed E-state index contributed by atoms with van der Waals surface area (Å²) in [7, 11) is 2.04. The van der Waals surface area contributed by atoms with Crippen molar-refractivity contribution < 1.29 is 9.53 Å². The summed E-state index contributed by atoms with van der Waals surface area (Å²) in [6.07, 6.45) is 2.15. The van der Waals surface area contributed by atoms with Gasteiger partial charge in [0.25, 0.3) is 0 Å². The molecule has 7 nitrogen and oxygen atoms in total. The van der Waals surface area contributed by atoms with Gasteiger partial charge in [-0.05, 0) is 42.8 Å². The Labute approximate surface area is 177 Å². The molecule has 1 aliphatic heterocycles. The molecule has 1 aromatic heterocycles. The van der Waals surface area contributed by atoms with E-state index in [-0.39, 0.29) is 6.03 Å². The highest BCUT2D eigenvalue weighted by Crippen LogP contribution is 2.22. The van der Waals surface area contributed by atoms with E-state index < -0.39 is 0 Å². The third-order valence-electron chi connectivity index (χ3n) is 5.49. The number of aromatic nitrogens is 2. The van der Waals surface area contributed by atoms with Crippen molar-refractivity contribution in [3.05, 3.63) is 48.5 Å².